The second-order valence-electron chi connectivity index (χ2n) is 5.65. The third-order valence-corrected chi connectivity index (χ3v) is 4.92. The normalized spacial score (nSPS) is 25.1. The average Bonchev–Trinajstić information content (AvgIpc) is 2.65. The van der Waals surface area contributed by atoms with Gasteiger partial charge in [-0.15, -0.1) is 0 Å². The van der Waals surface area contributed by atoms with Gasteiger partial charge in [-0.1, -0.05) is 33.6 Å². The summed E-state index contributed by atoms with van der Waals surface area (Å²) in [6.45, 7) is 2.45. The summed E-state index contributed by atoms with van der Waals surface area (Å²) >= 11 is 3.49. The van der Waals surface area contributed by atoms with E-state index in [9.17, 15) is 4.79 Å². The van der Waals surface area contributed by atoms with Crippen LogP contribution in [-0.2, 0) is 14.9 Å². The number of methoxy groups -OCH3 is 1. The van der Waals surface area contributed by atoms with E-state index in [1.165, 1.54) is 5.57 Å². The monoisotopic (exact) mass is 335 g/mol. The predicted octanol–water partition coefficient (Wildman–Crippen LogP) is 3.77. The molecule has 0 aromatic heterocycles. The van der Waals surface area contributed by atoms with Gasteiger partial charge in [0, 0.05) is 11.6 Å². The van der Waals surface area contributed by atoms with Gasteiger partial charge in [0.1, 0.15) is 6.73 Å². The summed E-state index contributed by atoms with van der Waals surface area (Å²) in [4.78, 5) is 14.7. The number of carbonyl (C=O) groups is 1. The number of amides is 1. The Morgan fingerprint density at radius 3 is 2.90 bits per heavy atom. The quantitative estimate of drug-likeness (QED) is 0.770. The van der Waals surface area contributed by atoms with Crippen LogP contribution in [0.25, 0.3) is 0 Å². The van der Waals surface area contributed by atoms with Crippen LogP contribution in [0.1, 0.15) is 31.7 Å². The van der Waals surface area contributed by atoms with Gasteiger partial charge in [-0.25, -0.2) is 0 Å². The summed E-state index contributed by atoms with van der Waals surface area (Å²) in [5, 5.41) is 0. The summed E-state index contributed by atoms with van der Waals surface area (Å²) in [6.07, 6.45) is 4.89. The smallest absolute Gasteiger partial charge is 0.239 e. The molecule has 106 valence electrons. The molecule has 3 rings (SSSR count). The number of anilines is 1. The lowest BCUT2D eigenvalue weighted by Gasteiger charge is -2.31. The van der Waals surface area contributed by atoms with E-state index in [1.54, 1.807) is 12.0 Å². The minimum absolute atomic E-state index is 0.177. The molecule has 0 saturated carbocycles. The largest absolute Gasteiger partial charge is 0.364 e. The van der Waals surface area contributed by atoms with Crippen molar-refractivity contribution in [1.82, 2.24) is 0 Å². The van der Waals surface area contributed by atoms with E-state index in [1.807, 2.05) is 12.1 Å². The summed E-state index contributed by atoms with van der Waals surface area (Å²) in [7, 11) is 1.63. The van der Waals surface area contributed by atoms with E-state index in [4.69, 9.17) is 4.74 Å². The first-order chi connectivity index (χ1) is 9.58. The average molecular weight is 336 g/mol. The van der Waals surface area contributed by atoms with Crippen LogP contribution < -0.4 is 4.90 Å². The van der Waals surface area contributed by atoms with E-state index in [2.05, 4.69) is 35.0 Å². The topological polar surface area (TPSA) is 29.5 Å². The molecule has 0 fully saturated rings. The fourth-order valence-corrected chi connectivity index (χ4v) is 3.62. The molecule has 0 saturated heterocycles. The van der Waals surface area contributed by atoms with Crippen molar-refractivity contribution < 1.29 is 9.53 Å². The lowest BCUT2D eigenvalue weighted by molar-refractivity contribution is -0.124. The predicted molar refractivity (Wildman–Crippen MR) is 82.8 cm³/mol. The molecule has 1 unspecified atom stereocenters. The summed E-state index contributed by atoms with van der Waals surface area (Å²) in [5.41, 5.74) is 3.13. The van der Waals surface area contributed by atoms with E-state index in [0.29, 0.717) is 6.73 Å². The highest BCUT2D eigenvalue weighted by Crippen LogP contribution is 2.50. The molecule has 0 radical (unpaired) electrons. The van der Waals surface area contributed by atoms with E-state index < -0.39 is 0 Å². The molecule has 4 heteroatoms. The zero-order valence-corrected chi connectivity index (χ0v) is 13.4. The van der Waals surface area contributed by atoms with E-state index in [0.717, 1.165) is 35.0 Å². The van der Waals surface area contributed by atoms with Gasteiger partial charge in [0.2, 0.25) is 5.91 Å². The van der Waals surface area contributed by atoms with Crippen LogP contribution in [0, 0.1) is 0 Å². The van der Waals surface area contributed by atoms with Crippen LogP contribution in [0.4, 0.5) is 5.69 Å². The Bertz CT molecular complexity index is 596. The molecular weight excluding hydrogens is 318 g/mol. The van der Waals surface area contributed by atoms with Crippen LogP contribution >= 0.6 is 15.9 Å². The molecule has 2 aliphatic rings. The Labute approximate surface area is 127 Å². The van der Waals surface area contributed by atoms with Gasteiger partial charge in [-0.3, -0.25) is 9.69 Å². The van der Waals surface area contributed by atoms with Gasteiger partial charge in [0.15, 0.2) is 0 Å². The molecule has 1 heterocycles. The number of hydrogen-bond acceptors (Lipinski definition) is 2. The minimum Gasteiger partial charge on any atom is -0.364 e. The molecule has 1 aliphatic heterocycles. The van der Waals surface area contributed by atoms with Crippen LogP contribution in [-0.4, -0.2) is 19.7 Å². The fraction of sp³-hybridized carbons (Fsp3) is 0.438. The van der Waals surface area contributed by atoms with Crippen molar-refractivity contribution in [1.29, 1.82) is 0 Å². The standard InChI is InChI=1S/C16H18BrNO2/c1-11-5-7-16(8-6-11)13-4-3-12(17)9-14(13)18(10-20-2)15(16)19/h3-5,9H,6-8,10H2,1-2H3. The first-order valence-corrected chi connectivity index (χ1v) is 7.64. The number of rotatable bonds is 2. The Kier molecular flexibility index (Phi) is 3.46. The van der Waals surface area contributed by atoms with E-state index >= 15 is 0 Å². The van der Waals surface area contributed by atoms with Gasteiger partial charge < -0.3 is 4.74 Å². The summed E-state index contributed by atoms with van der Waals surface area (Å²) in [6, 6.07) is 6.13. The molecule has 3 nitrogen and oxygen atoms in total. The Hall–Kier alpha value is -1.13. The van der Waals surface area contributed by atoms with Crippen LogP contribution in [0.15, 0.2) is 34.3 Å². The first-order valence-electron chi connectivity index (χ1n) is 6.85. The van der Waals surface area contributed by atoms with Gasteiger partial charge in [0.05, 0.1) is 11.1 Å². The lowest BCUT2D eigenvalue weighted by Crippen LogP contribution is -2.42. The zero-order valence-electron chi connectivity index (χ0n) is 11.8. The van der Waals surface area contributed by atoms with Crippen LogP contribution in [0.2, 0.25) is 0 Å². The van der Waals surface area contributed by atoms with Crippen LogP contribution in [0.5, 0.6) is 0 Å². The Morgan fingerprint density at radius 2 is 2.25 bits per heavy atom. The highest BCUT2D eigenvalue weighted by atomic mass is 79.9. The molecule has 1 amide bonds. The lowest BCUT2D eigenvalue weighted by atomic mass is 9.71. The number of carbonyl (C=O) groups excluding carboxylic acids is 1. The molecule has 0 N–H and O–H groups in total. The number of ether oxygens (including phenoxy) is 1. The van der Waals surface area contributed by atoms with Crippen molar-refractivity contribution in [2.75, 3.05) is 18.7 Å². The number of nitrogens with zero attached hydrogens (tertiary/aromatic N) is 1. The molecular formula is C16H18BrNO2. The van der Waals surface area contributed by atoms with Gasteiger partial charge in [-0.05, 0) is 43.9 Å². The van der Waals surface area contributed by atoms with Crippen LogP contribution in [0.3, 0.4) is 0 Å². The Morgan fingerprint density at radius 1 is 1.45 bits per heavy atom. The molecule has 1 aromatic rings. The van der Waals surface area contributed by atoms with Crippen molar-refractivity contribution in [2.24, 2.45) is 0 Å². The van der Waals surface area contributed by atoms with Gasteiger partial charge in [0.25, 0.3) is 0 Å². The zero-order chi connectivity index (χ0) is 14.3. The summed E-state index contributed by atoms with van der Waals surface area (Å²) < 4.78 is 6.21. The second-order valence-corrected chi connectivity index (χ2v) is 6.56. The van der Waals surface area contributed by atoms with Crippen molar-refractivity contribution in [3.8, 4) is 0 Å². The molecule has 1 spiro atoms. The molecule has 20 heavy (non-hydrogen) atoms. The maximum atomic E-state index is 12.9. The highest BCUT2D eigenvalue weighted by Gasteiger charge is 2.50. The first kappa shape index (κ1) is 13.8. The van der Waals surface area contributed by atoms with E-state index in [-0.39, 0.29) is 11.3 Å². The fourth-order valence-electron chi connectivity index (χ4n) is 3.28. The minimum atomic E-state index is -0.381. The van der Waals surface area contributed by atoms with Crippen molar-refractivity contribution in [3.05, 3.63) is 39.9 Å². The third kappa shape index (κ3) is 1.93. The van der Waals surface area contributed by atoms with Crippen molar-refractivity contribution in [3.63, 3.8) is 0 Å². The Balaban J connectivity index is 2.12. The van der Waals surface area contributed by atoms with Crippen molar-refractivity contribution >= 4 is 27.5 Å². The summed E-state index contributed by atoms with van der Waals surface area (Å²) in [5.74, 6) is 0.177. The number of hydrogen-bond donors (Lipinski definition) is 0. The SMILES string of the molecule is COCN1C(=O)C2(CC=C(C)CC2)c2ccc(Br)cc21. The molecule has 0 bridgehead atoms. The molecule has 1 aromatic carbocycles. The van der Waals surface area contributed by atoms with Crippen molar-refractivity contribution in [2.45, 2.75) is 31.6 Å². The second kappa shape index (κ2) is 5.01. The van der Waals surface area contributed by atoms with Gasteiger partial charge >= 0.3 is 0 Å². The third-order valence-electron chi connectivity index (χ3n) is 4.42. The van der Waals surface area contributed by atoms with Gasteiger partial charge in [-0.2, -0.15) is 0 Å². The molecule has 1 atom stereocenters. The maximum absolute atomic E-state index is 12.9. The highest BCUT2D eigenvalue weighted by molar-refractivity contribution is 9.10. The number of halogens is 1. The number of benzene rings is 1. The maximum Gasteiger partial charge on any atom is 0.239 e. The number of fused-ring (bicyclic) bond motifs is 2. The number of allylic oxidation sites excluding steroid dienone is 2. The molecule has 1 aliphatic carbocycles.